The van der Waals surface area contributed by atoms with Gasteiger partial charge < -0.3 is 30.5 Å². The number of nitrogens with two attached hydrogens (primary N) is 1. The van der Waals surface area contributed by atoms with Gasteiger partial charge in [-0.1, -0.05) is 105 Å². The van der Waals surface area contributed by atoms with Crippen LogP contribution in [0.5, 0.6) is 5.75 Å². The smallest absolute Gasteiger partial charge is 0.151 e. The van der Waals surface area contributed by atoms with Crippen LogP contribution in [0.4, 0.5) is 5.69 Å². The van der Waals surface area contributed by atoms with E-state index in [4.69, 9.17) is 10.7 Å². The van der Waals surface area contributed by atoms with Crippen molar-refractivity contribution in [3.05, 3.63) is 48.6 Å². The summed E-state index contributed by atoms with van der Waals surface area (Å²) >= 11 is 0. The second-order valence-corrected chi connectivity index (χ2v) is 10.6. The van der Waals surface area contributed by atoms with E-state index >= 15 is 0 Å². The van der Waals surface area contributed by atoms with Crippen molar-refractivity contribution in [3.8, 4) is 5.75 Å². The Balaban J connectivity index is -0.000000572. The van der Waals surface area contributed by atoms with Gasteiger partial charge in [-0.15, -0.1) is 6.58 Å². The van der Waals surface area contributed by atoms with Gasteiger partial charge in [0.15, 0.2) is 5.75 Å². The maximum atomic E-state index is 10.4. The number of likely N-dealkylation sites (N-methyl/N-ethyl adjacent to an activating group) is 1. The van der Waals surface area contributed by atoms with Gasteiger partial charge in [0, 0.05) is 43.5 Å². The predicted octanol–water partition coefficient (Wildman–Crippen LogP) is 8.08. The number of piperazine rings is 1. The Morgan fingerprint density at radius 2 is 1.78 bits per heavy atom. The Labute approximate surface area is 278 Å². The molecule has 2 unspecified atom stereocenters. The molecule has 8 nitrogen and oxygen atoms in total. The average Bonchev–Trinajstić information content (AvgIpc) is 3.55. The number of nitrogens with one attached hydrogen (secondary N) is 3. The van der Waals surface area contributed by atoms with Crippen molar-refractivity contribution < 1.29 is 9.63 Å². The van der Waals surface area contributed by atoms with Crippen molar-refractivity contribution in [2.24, 2.45) is 10.9 Å². The lowest BCUT2D eigenvalue weighted by Crippen LogP contribution is -2.49. The van der Waals surface area contributed by atoms with Crippen LogP contribution in [0.1, 0.15) is 112 Å². The third-order valence-corrected chi connectivity index (χ3v) is 7.06. The number of nitrogens with zero attached hydrogens (tertiary/aromatic N) is 2. The molecule has 1 aromatic rings. The molecule has 3 rings (SSSR count). The number of aldehydes is 1. The number of anilines is 1. The molecule has 0 saturated carbocycles. The summed E-state index contributed by atoms with van der Waals surface area (Å²) in [6.07, 6.45) is 18.1. The van der Waals surface area contributed by atoms with Crippen LogP contribution in [-0.2, 0) is 4.79 Å². The van der Waals surface area contributed by atoms with Gasteiger partial charge in [-0.05, 0) is 52.3 Å². The molecule has 2 aliphatic heterocycles. The summed E-state index contributed by atoms with van der Waals surface area (Å²) in [6, 6.07) is 6.47. The molecule has 5 N–H and O–H groups in total. The molecule has 0 aliphatic carbocycles. The summed E-state index contributed by atoms with van der Waals surface area (Å²) in [5, 5.41) is 9.92. The Kier molecular flexibility index (Phi) is 37.2. The zero-order valence-electron chi connectivity index (χ0n) is 30.8. The molecule has 0 bridgehead atoms. The van der Waals surface area contributed by atoms with Crippen molar-refractivity contribution in [1.82, 2.24) is 15.5 Å². The van der Waals surface area contributed by atoms with Crippen LogP contribution in [0.25, 0.3) is 0 Å². The predicted molar refractivity (Wildman–Crippen MR) is 201 cm³/mol. The van der Waals surface area contributed by atoms with Gasteiger partial charge in [-0.25, -0.2) is 0 Å². The summed E-state index contributed by atoms with van der Waals surface area (Å²) in [5.74, 6) is 5.96. The van der Waals surface area contributed by atoms with Gasteiger partial charge >= 0.3 is 0 Å². The third-order valence-electron chi connectivity index (χ3n) is 7.06. The SMILES string of the molecule is C/C=C\CC1NC=NC1C=O.C=CCC.CC.CCCC.CCCCC.Cc1c(NCC[C@@H]2CNCCN2C)cccc1ON. The monoisotopic (exact) mass is 633 g/mol. The zero-order valence-corrected chi connectivity index (χ0v) is 30.8. The van der Waals surface area contributed by atoms with Gasteiger partial charge in [0.2, 0.25) is 0 Å². The minimum Gasteiger partial charge on any atom is -0.411 e. The molecule has 3 atom stereocenters. The molecule has 262 valence electrons. The standard InChI is InChI=1S/C14H24N4O.C8H12N2O.C5H12.C4H10.C4H8.C2H6/c1-11-13(4-3-5-14(11)19-15)17-7-6-12-10-16-8-9-18(12)2;1-2-3-4-7-8(5-11)10-6-9-7;1-3-5-4-2;2*1-3-4-2;1-2/h3-5,12,16-17H,6-10,15H2,1-2H3;2-3,5-8H,4H2,1H3,(H,9,10);3-5H2,1-2H3;3-4H2,1-2H3;3H,1,4H2,2H3;1-2H3/b;3-2-;;;;/t12-;;;;;/m1...../s1. The average molecular weight is 633 g/mol. The van der Waals surface area contributed by atoms with Gasteiger partial charge in [-0.2, -0.15) is 5.90 Å². The second-order valence-electron chi connectivity index (χ2n) is 10.6. The highest BCUT2D eigenvalue weighted by molar-refractivity contribution is 5.70. The van der Waals surface area contributed by atoms with Crippen LogP contribution < -0.4 is 26.7 Å². The normalized spacial score (nSPS) is 18.0. The van der Waals surface area contributed by atoms with Crippen LogP contribution in [-0.4, -0.2) is 68.9 Å². The van der Waals surface area contributed by atoms with E-state index in [1.807, 2.05) is 58.1 Å². The summed E-state index contributed by atoms with van der Waals surface area (Å²) in [7, 11) is 2.19. The first-order valence-electron chi connectivity index (χ1n) is 17.4. The topological polar surface area (TPSA) is 104 Å². The van der Waals surface area contributed by atoms with Crippen LogP contribution in [0.15, 0.2) is 48.0 Å². The molecule has 45 heavy (non-hydrogen) atoms. The highest BCUT2D eigenvalue weighted by Crippen LogP contribution is 2.24. The Morgan fingerprint density at radius 1 is 1.13 bits per heavy atom. The number of benzene rings is 1. The van der Waals surface area contributed by atoms with Gasteiger partial charge in [0.25, 0.3) is 0 Å². The fourth-order valence-corrected chi connectivity index (χ4v) is 3.89. The van der Waals surface area contributed by atoms with Crippen molar-refractivity contribution in [1.29, 1.82) is 0 Å². The van der Waals surface area contributed by atoms with Gasteiger partial charge in [0.05, 0.1) is 12.4 Å². The molecule has 1 aromatic carbocycles. The minimum atomic E-state index is -0.189. The van der Waals surface area contributed by atoms with Gasteiger partial charge in [0.1, 0.15) is 12.3 Å². The van der Waals surface area contributed by atoms with Gasteiger partial charge in [-0.3, -0.25) is 4.99 Å². The fraction of sp³-hybridized carbons (Fsp3) is 0.676. The molecule has 0 radical (unpaired) electrons. The molecule has 8 heteroatoms. The number of allylic oxidation sites excluding steroid dienone is 2. The molecular formula is C37H72N6O2. The highest BCUT2D eigenvalue weighted by Gasteiger charge is 2.21. The van der Waals surface area contributed by atoms with E-state index in [1.165, 1.54) is 32.1 Å². The van der Waals surface area contributed by atoms with E-state index in [1.54, 1.807) is 6.34 Å². The Morgan fingerprint density at radius 3 is 2.24 bits per heavy atom. The number of carbonyl (C=O) groups is 1. The first-order chi connectivity index (χ1) is 21.8. The van der Waals surface area contributed by atoms with E-state index in [0.717, 1.165) is 68.7 Å². The number of hydrogen-bond donors (Lipinski definition) is 4. The van der Waals surface area contributed by atoms with E-state index in [0.29, 0.717) is 6.04 Å². The molecule has 2 heterocycles. The van der Waals surface area contributed by atoms with Crippen LogP contribution in [0.3, 0.4) is 0 Å². The van der Waals surface area contributed by atoms with Crippen LogP contribution in [0, 0.1) is 6.92 Å². The van der Waals surface area contributed by atoms with E-state index < -0.39 is 0 Å². The number of unbranched alkanes of at least 4 members (excludes halogenated alkanes) is 3. The molecular weight excluding hydrogens is 560 g/mol. The van der Waals surface area contributed by atoms with Crippen molar-refractivity contribution in [2.45, 2.75) is 132 Å². The summed E-state index contributed by atoms with van der Waals surface area (Å²) in [6.45, 7) is 26.5. The zero-order chi connectivity index (χ0) is 34.7. The maximum Gasteiger partial charge on any atom is 0.151 e. The van der Waals surface area contributed by atoms with Crippen LogP contribution >= 0.6 is 0 Å². The molecule has 0 aromatic heterocycles. The summed E-state index contributed by atoms with van der Waals surface area (Å²) < 4.78 is 0. The lowest BCUT2D eigenvalue weighted by Gasteiger charge is -2.33. The lowest BCUT2D eigenvalue weighted by molar-refractivity contribution is -0.109. The minimum absolute atomic E-state index is 0.170. The first kappa shape index (κ1) is 46.7. The quantitative estimate of drug-likeness (QED) is 0.105. The summed E-state index contributed by atoms with van der Waals surface area (Å²) in [4.78, 5) is 21.6. The van der Waals surface area contributed by atoms with E-state index in [9.17, 15) is 4.79 Å². The number of hydrogen-bond acceptors (Lipinski definition) is 8. The van der Waals surface area contributed by atoms with Crippen LogP contribution in [0.2, 0.25) is 0 Å². The molecule has 0 spiro atoms. The molecule has 1 saturated heterocycles. The molecule has 2 aliphatic rings. The highest BCUT2D eigenvalue weighted by atomic mass is 16.6. The molecule has 1 fully saturated rings. The Hall–Kier alpha value is -2.68. The maximum absolute atomic E-state index is 10.4. The molecule has 0 amide bonds. The number of rotatable bonds is 12. The number of aliphatic imine (C=N–C) groups is 1. The number of carbonyl (C=O) groups excluding carboxylic acids is 1. The van der Waals surface area contributed by atoms with Crippen molar-refractivity contribution in [2.75, 3.05) is 38.5 Å². The fourth-order valence-electron chi connectivity index (χ4n) is 3.89. The lowest BCUT2D eigenvalue weighted by atomic mass is 10.1. The van der Waals surface area contributed by atoms with Crippen molar-refractivity contribution >= 4 is 18.3 Å². The third kappa shape index (κ3) is 25.2. The summed E-state index contributed by atoms with van der Waals surface area (Å²) in [5.41, 5.74) is 2.15. The van der Waals surface area contributed by atoms with E-state index in [-0.39, 0.29) is 12.1 Å². The largest absolute Gasteiger partial charge is 0.411 e. The first-order valence-corrected chi connectivity index (χ1v) is 17.4. The van der Waals surface area contributed by atoms with E-state index in [2.05, 4.69) is 80.2 Å². The Bertz CT molecular complexity index is 842. The second kappa shape index (κ2) is 35.8. The van der Waals surface area contributed by atoms with Crippen molar-refractivity contribution in [3.63, 3.8) is 0 Å².